The van der Waals surface area contributed by atoms with Gasteiger partial charge in [-0.1, -0.05) is 19.3 Å². The van der Waals surface area contributed by atoms with Crippen LogP contribution in [0.4, 0.5) is 5.82 Å². The summed E-state index contributed by atoms with van der Waals surface area (Å²) in [7, 11) is 2.06. The van der Waals surface area contributed by atoms with Crippen molar-refractivity contribution in [3.05, 3.63) is 41.3 Å². The third-order valence-corrected chi connectivity index (χ3v) is 5.64. The van der Waals surface area contributed by atoms with Crippen LogP contribution in [0.3, 0.4) is 0 Å². The maximum Gasteiger partial charge on any atom is 0.255 e. The minimum absolute atomic E-state index is 0. The lowest BCUT2D eigenvalue weighted by Gasteiger charge is -2.33. The Morgan fingerprint density at radius 3 is 2.86 bits per heavy atom. The van der Waals surface area contributed by atoms with Crippen molar-refractivity contribution in [1.29, 1.82) is 0 Å². The molecule has 1 saturated carbocycles. The molecule has 29 heavy (non-hydrogen) atoms. The van der Waals surface area contributed by atoms with Gasteiger partial charge in [-0.2, -0.15) is 5.10 Å². The Labute approximate surface area is 184 Å². The number of carbonyl (C=O) groups is 1. The number of nitrogens with zero attached hydrogens (tertiary/aromatic N) is 4. The first-order chi connectivity index (χ1) is 13.2. The number of hydrogen-bond acceptors (Lipinski definition) is 5. The molecule has 2 aliphatic rings. The SMILES string of the molecule is CN(c1ncccc1C(=O)NCc1cc2n(n1)CCNC2)C1CCCCC1.Cl.Cl. The summed E-state index contributed by atoms with van der Waals surface area (Å²) in [6.45, 7) is 3.08. The number of amides is 1. The van der Waals surface area contributed by atoms with Crippen LogP contribution in [0.25, 0.3) is 0 Å². The van der Waals surface area contributed by atoms with Crippen molar-refractivity contribution in [1.82, 2.24) is 25.4 Å². The lowest BCUT2D eigenvalue weighted by molar-refractivity contribution is 0.0950. The van der Waals surface area contributed by atoms with E-state index >= 15 is 0 Å². The molecule has 7 nitrogen and oxygen atoms in total. The summed E-state index contributed by atoms with van der Waals surface area (Å²) in [5.74, 6) is 0.681. The largest absolute Gasteiger partial charge is 0.356 e. The van der Waals surface area contributed by atoms with Crippen LogP contribution in [0.2, 0.25) is 0 Å². The number of fused-ring (bicyclic) bond motifs is 1. The van der Waals surface area contributed by atoms with Gasteiger partial charge in [0.15, 0.2) is 0 Å². The molecule has 0 aromatic carbocycles. The monoisotopic (exact) mass is 440 g/mol. The van der Waals surface area contributed by atoms with E-state index in [4.69, 9.17) is 0 Å². The van der Waals surface area contributed by atoms with Gasteiger partial charge in [-0.15, -0.1) is 24.8 Å². The van der Waals surface area contributed by atoms with Crippen LogP contribution >= 0.6 is 24.8 Å². The van der Waals surface area contributed by atoms with Crippen LogP contribution in [0, 0.1) is 0 Å². The van der Waals surface area contributed by atoms with E-state index in [9.17, 15) is 4.79 Å². The third kappa shape index (κ3) is 5.41. The van der Waals surface area contributed by atoms with E-state index in [0.717, 1.165) is 31.1 Å². The molecule has 0 bridgehead atoms. The molecule has 0 atom stereocenters. The number of halogens is 2. The third-order valence-electron chi connectivity index (χ3n) is 5.64. The van der Waals surface area contributed by atoms with Gasteiger partial charge in [0.1, 0.15) is 5.82 Å². The Morgan fingerprint density at radius 1 is 1.31 bits per heavy atom. The molecular weight excluding hydrogens is 411 g/mol. The normalized spacial score (nSPS) is 16.2. The fourth-order valence-electron chi connectivity index (χ4n) is 4.10. The fraction of sp³-hybridized carbons (Fsp3) is 0.550. The van der Waals surface area contributed by atoms with Crippen molar-refractivity contribution in [2.45, 2.75) is 57.8 Å². The van der Waals surface area contributed by atoms with Crippen LogP contribution in [-0.2, 0) is 19.6 Å². The molecule has 0 spiro atoms. The Balaban J connectivity index is 0.00000150. The van der Waals surface area contributed by atoms with E-state index in [1.54, 1.807) is 6.20 Å². The summed E-state index contributed by atoms with van der Waals surface area (Å²) in [6.07, 6.45) is 7.92. The zero-order valence-electron chi connectivity index (χ0n) is 16.8. The molecule has 1 aliphatic carbocycles. The van der Waals surface area contributed by atoms with Crippen LogP contribution in [0.1, 0.15) is 53.8 Å². The van der Waals surface area contributed by atoms with Crippen LogP contribution in [-0.4, -0.2) is 40.3 Å². The van der Waals surface area contributed by atoms with Gasteiger partial charge in [-0.05, 0) is 31.0 Å². The molecule has 0 unspecified atom stereocenters. The number of nitrogens with one attached hydrogen (secondary N) is 2. The summed E-state index contributed by atoms with van der Waals surface area (Å²) in [6, 6.07) is 6.21. The second-order valence-electron chi connectivity index (χ2n) is 7.49. The number of pyridine rings is 1. The molecule has 4 rings (SSSR count). The predicted octanol–water partition coefficient (Wildman–Crippen LogP) is 2.92. The van der Waals surface area contributed by atoms with Crippen LogP contribution in [0.5, 0.6) is 0 Å². The van der Waals surface area contributed by atoms with Crippen molar-refractivity contribution in [3.8, 4) is 0 Å². The lowest BCUT2D eigenvalue weighted by atomic mass is 9.94. The molecule has 0 saturated heterocycles. The molecule has 2 aromatic rings. The van der Waals surface area contributed by atoms with Crippen molar-refractivity contribution >= 4 is 36.5 Å². The maximum absolute atomic E-state index is 12.8. The van der Waals surface area contributed by atoms with E-state index in [2.05, 4.69) is 38.7 Å². The number of rotatable bonds is 5. The first kappa shape index (κ1) is 23.4. The van der Waals surface area contributed by atoms with Gasteiger partial charge in [0.25, 0.3) is 5.91 Å². The van der Waals surface area contributed by atoms with E-state index in [0.29, 0.717) is 18.2 Å². The number of anilines is 1. The second kappa shape index (κ2) is 10.8. The molecule has 2 N–H and O–H groups in total. The highest BCUT2D eigenvalue weighted by molar-refractivity contribution is 5.98. The highest BCUT2D eigenvalue weighted by Gasteiger charge is 2.23. The van der Waals surface area contributed by atoms with Crippen molar-refractivity contribution in [2.75, 3.05) is 18.5 Å². The molecule has 1 fully saturated rings. The van der Waals surface area contributed by atoms with E-state index in [-0.39, 0.29) is 30.7 Å². The van der Waals surface area contributed by atoms with E-state index < -0.39 is 0 Å². The molecule has 1 amide bonds. The zero-order chi connectivity index (χ0) is 18.6. The quantitative estimate of drug-likeness (QED) is 0.747. The van der Waals surface area contributed by atoms with Gasteiger partial charge >= 0.3 is 0 Å². The number of carbonyl (C=O) groups excluding carboxylic acids is 1. The first-order valence-corrected chi connectivity index (χ1v) is 9.95. The molecular formula is C20H30Cl2N6O. The summed E-state index contributed by atoms with van der Waals surface area (Å²) in [5, 5.41) is 10.9. The maximum atomic E-state index is 12.8. The van der Waals surface area contributed by atoms with Gasteiger partial charge in [0.05, 0.1) is 30.0 Å². The minimum Gasteiger partial charge on any atom is -0.356 e. The van der Waals surface area contributed by atoms with E-state index in [1.807, 2.05) is 16.8 Å². The predicted molar refractivity (Wildman–Crippen MR) is 119 cm³/mol. The fourth-order valence-corrected chi connectivity index (χ4v) is 4.10. The standard InChI is InChI=1S/C20H28N6O.2ClH/c1-25(16-6-3-2-4-7-16)19-18(8-5-9-22-19)20(27)23-13-15-12-17-14-21-10-11-26(17)24-15;;/h5,8-9,12,16,21H,2-4,6-7,10-11,13-14H2,1H3,(H,23,27);2*1H. The number of hydrogen-bond donors (Lipinski definition) is 2. The van der Waals surface area contributed by atoms with Gasteiger partial charge in [0.2, 0.25) is 0 Å². The van der Waals surface area contributed by atoms with Crippen molar-refractivity contribution < 1.29 is 4.79 Å². The topological polar surface area (TPSA) is 75.1 Å². The molecule has 160 valence electrons. The van der Waals surface area contributed by atoms with Crippen LogP contribution in [0.15, 0.2) is 24.4 Å². The molecule has 2 aromatic heterocycles. The first-order valence-electron chi connectivity index (χ1n) is 9.95. The van der Waals surface area contributed by atoms with Gasteiger partial charge in [-0.3, -0.25) is 9.48 Å². The highest BCUT2D eigenvalue weighted by atomic mass is 35.5. The molecule has 9 heteroatoms. The van der Waals surface area contributed by atoms with Gasteiger partial charge in [-0.25, -0.2) is 4.98 Å². The van der Waals surface area contributed by atoms with Gasteiger partial charge in [0, 0.05) is 32.4 Å². The van der Waals surface area contributed by atoms with E-state index in [1.165, 1.54) is 37.8 Å². The summed E-state index contributed by atoms with van der Waals surface area (Å²) in [5.41, 5.74) is 2.70. The minimum atomic E-state index is -0.0927. The highest BCUT2D eigenvalue weighted by Crippen LogP contribution is 2.27. The average molecular weight is 441 g/mol. The van der Waals surface area contributed by atoms with Crippen molar-refractivity contribution in [2.24, 2.45) is 0 Å². The Kier molecular flexibility index (Phi) is 8.74. The van der Waals surface area contributed by atoms with Gasteiger partial charge < -0.3 is 15.5 Å². The zero-order valence-corrected chi connectivity index (χ0v) is 18.4. The number of aromatic nitrogens is 3. The smallest absolute Gasteiger partial charge is 0.255 e. The van der Waals surface area contributed by atoms with Crippen molar-refractivity contribution in [3.63, 3.8) is 0 Å². The van der Waals surface area contributed by atoms with Crippen LogP contribution < -0.4 is 15.5 Å². The average Bonchev–Trinajstić information content (AvgIpc) is 3.15. The molecule has 3 heterocycles. The Hall–Kier alpha value is -1.83. The molecule has 0 radical (unpaired) electrons. The lowest BCUT2D eigenvalue weighted by Crippen LogP contribution is -2.36. The summed E-state index contributed by atoms with van der Waals surface area (Å²) < 4.78 is 2.02. The second-order valence-corrected chi connectivity index (χ2v) is 7.49. The summed E-state index contributed by atoms with van der Waals surface area (Å²) in [4.78, 5) is 19.6. The Morgan fingerprint density at radius 2 is 2.10 bits per heavy atom. The summed E-state index contributed by atoms with van der Waals surface area (Å²) >= 11 is 0. The Bertz CT molecular complexity index is 783. The molecule has 1 aliphatic heterocycles.